The molecule has 2 N–H and O–H groups in total. The summed E-state index contributed by atoms with van der Waals surface area (Å²) in [5.74, 6) is -4.36. The number of benzene rings is 2. The Morgan fingerprint density at radius 3 is 2.51 bits per heavy atom. The maximum absolute atomic E-state index is 15.2. The molecular weight excluding hydrogens is 587 g/mol. The van der Waals surface area contributed by atoms with Gasteiger partial charge < -0.3 is 19.1 Å². The molecule has 0 spiro atoms. The minimum atomic E-state index is -4.51. The lowest BCUT2D eigenvalue weighted by Crippen LogP contribution is -2.42. The van der Waals surface area contributed by atoms with Gasteiger partial charge in [0.15, 0.2) is 6.10 Å². The average Bonchev–Trinajstić information content (AvgIpc) is 3.15. The summed E-state index contributed by atoms with van der Waals surface area (Å²) in [6, 6.07) is 12.3. The second-order valence-electron chi connectivity index (χ2n) is 11.1. The van der Waals surface area contributed by atoms with Gasteiger partial charge in [-0.2, -0.15) is 18.9 Å². The topological polar surface area (TPSA) is 138 Å². The van der Waals surface area contributed by atoms with E-state index in [-0.39, 0.29) is 11.7 Å². The van der Waals surface area contributed by atoms with Crippen molar-refractivity contribution < 1.29 is 41.8 Å². The number of nitrogens with zero attached hydrogens (tertiary/aromatic N) is 2. The van der Waals surface area contributed by atoms with E-state index in [1.54, 1.807) is 50.2 Å². The van der Waals surface area contributed by atoms with E-state index < -0.39 is 62.5 Å². The Bertz CT molecular complexity index is 1540. The molecule has 0 bridgehead atoms. The van der Waals surface area contributed by atoms with Crippen LogP contribution >= 0.6 is 7.75 Å². The van der Waals surface area contributed by atoms with Gasteiger partial charge in [-0.15, -0.1) is 0 Å². The number of halogens is 2. The number of alkyl halides is 2. The van der Waals surface area contributed by atoms with Crippen LogP contribution in [0.15, 0.2) is 59.5 Å². The number of carbonyl (C=O) groups excluding carboxylic acids is 1. The van der Waals surface area contributed by atoms with Crippen LogP contribution in [0.4, 0.5) is 8.78 Å². The van der Waals surface area contributed by atoms with Gasteiger partial charge in [0.1, 0.15) is 17.9 Å². The summed E-state index contributed by atoms with van der Waals surface area (Å²) < 4.78 is 66.9. The minimum absolute atomic E-state index is 0.133. The van der Waals surface area contributed by atoms with Crippen LogP contribution in [0.3, 0.4) is 0 Å². The summed E-state index contributed by atoms with van der Waals surface area (Å²) in [5, 5.41) is 14.3. The molecule has 5 atom stereocenters. The first kappa shape index (κ1) is 32.7. The number of hydrogen-bond donors (Lipinski definition) is 2. The lowest BCUT2D eigenvalue weighted by atomic mass is 10.1. The Balaban J connectivity index is 1.58. The summed E-state index contributed by atoms with van der Waals surface area (Å²) in [7, 11) is -4.51. The third-order valence-corrected chi connectivity index (χ3v) is 8.20. The second kappa shape index (κ2) is 13.2. The number of carbonyl (C=O) groups is 1. The van der Waals surface area contributed by atoms with Crippen molar-refractivity contribution in [3.8, 4) is 5.75 Å². The zero-order valence-electron chi connectivity index (χ0n) is 24.5. The smallest absolute Gasteiger partial charge is 0.459 e. The van der Waals surface area contributed by atoms with Crippen molar-refractivity contribution in [3.05, 3.63) is 70.9 Å². The lowest BCUT2D eigenvalue weighted by molar-refractivity contribution is -0.149. The van der Waals surface area contributed by atoms with Gasteiger partial charge in [-0.1, -0.05) is 50.2 Å². The number of fused-ring (bicyclic) bond motifs is 1. The molecule has 0 saturated carbocycles. The third kappa shape index (κ3) is 7.66. The largest absolute Gasteiger partial charge is 0.462 e. The fourth-order valence-corrected chi connectivity index (χ4v) is 6.08. The number of aliphatic hydroxyl groups is 1. The van der Waals surface area contributed by atoms with Crippen molar-refractivity contribution in [2.24, 2.45) is 5.92 Å². The molecule has 0 aliphatic carbocycles. The van der Waals surface area contributed by atoms with Gasteiger partial charge in [0, 0.05) is 17.3 Å². The van der Waals surface area contributed by atoms with E-state index in [1.165, 1.54) is 19.1 Å². The first-order valence-electron chi connectivity index (χ1n) is 13.9. The van der Waals surface area contributed by atoms with E-state index in [4.69, 9.17) is 18.5 Å². The highest BCUT2D eigenvalue weighted by Crippen LogP contribution is 2.49. The maximum Gasteiger partial charge on any atom is 0.459 e. The molecule has 4 rings (SSSR count). The number of ether oxygens (including phenoxy) is 2. The van der Waals surface area contributed by atoms with Gasteiger partial charge in [0.25, 0.3) is 0 Å². The van der Waals surface area contributed by atoms with Crippen molar-refractivity contribution in [2.45, 2.75) is 77.5 Å². The monoisotopic (exact) mass is 623 g/mol. The van der Waals surface area contributed by atoms with Gasteiger partial charge in [0.2, 0.25) is 6.23 Å². The van der Waals surface area contributed by atoms with Crippen molar-refractivity contribution >= 4 is 24.5 Å². The van der Waals surface area contributed by atoms with Crippen LogP contribution in [0.2, 0.25) is 0 Å². The first-order chi connectivity index (χ1) is 20.2. The van der Waals surface area contributed by atoms with E-state index in [9.17, 15) is 19.3 Å². The van der Waals surface area contributed by atoms with E-state index in [1.807, 2.05) is 13.8 Å². The number of esters is 1. The highest BCUT2D eigenvalue weighted by molar-refractivity contribution is 7.52. The Hall–Kier alpha value is -3.22. The third-order valence-electron chi connectivity index (χ3n) is 6.57. The maximum atomic E-state index is 15.2. The SMILES string of the molecule is CC(C)Cc1ccn(C2O[C@H](COP(=O)(N[C@@H](C)C(=O)OC(C)C)Oc3cccc4ccccc34)[C@@H](O)C2(F)F)c(=O)n1. The fourth-order valence-electron chi connectivity index (χ4n) is 4.56. The predicted octanol–water partition coefficient (Wildman–Crippen LogP) is 4.62. The van der Waals surface area contributed by atoms with Crippen molar-refractivity contribution in [2.75, 3.05) is 6.61 Å². The molecule has 3 aromatic rings. The van der Waals surface area contributed by atoms with Crippen LogP contribution in [0.25, 0.3) is 10.8 Å². The Morgan fingerprint density at radius 1 is 1.14 bits per heavy atom. The van der Waals surface area contributed by atoms with Crippen LogP contribution in [0, 0.1) is 5.92 Å². The molecule has 14 heteroatoms. The van der Waals surface area contributed by atoms with Crippen LogP contribution in [0.1, 0.15) is 46.5 Å². The van der Waals surface area contributed by atoms with E-state index >= 15 is 8.78 Å². The van der Waals surface area contributed by atoms with E-state index in [2.05, 4.69) is 10.1 Å². The Labute approximate surface area is 247 Å². The Morgan fingerprint density at radius 2 is 1.84 bits per heavy atom. The number of aromatic nitrogens is 2. The molecule has 1 fully saturated rings. The molecule has 1 aromatic heterocycles. The summed E-state index contributed by atoms with van der Waals surface area (Å²) in [6.45, 7) is 7.66. The number of aliphatic hydroxyl groups excluding tert-OH is 1. The van der Waals surface area contributed by atoms with Crippen molar-refractivity contribution in [1.29, 1.82) is 0 Å². The average molecular weight is 624 g/mol. The van der Waals surface area contributed by atoms with Gasteiger partial charge in [-0.3, -0.25) is 13.9 Å². The van der Waals surface area contributed by atoms with Crippen molar-refractivity contribution in [1.82, 2.24) is 14.6 Å². The standard InChI is InChI=1S/C29H36F2N3O8P/c1-17(2)15-21-13-14-34(28(37)32-21)27-29(30,31)25(35)24(41-27)16-39-43(38,33-19(5)26(36)40-18(3)4)42-23-12-8-10-20-9-6-7-11-22(20)23/h6-14,17-19,24-25,27,35H,15-16H2,1-5H3,(H,33,38)/t19-,24+,25+,27?,43?/m0/s1. The summed E-state index contributed by atoms with van der Waals surface area (Å²) in [5.41, 5.74) is -0.540. The van der Waals surface area contributed by atoms with E-state index in [0.717, 1.165) is 11.6 Å². The molecule has 1 aliphatic rings. The van der Waals surface area contributed by atoms with Crippen LogP contribution < -0.4 is 15.3 Å². The number of hydrogen-bond acceptors (Lipinski definition) is 9. The molecule has 11 nitrogen and oxygen atoms in total. The molecule has 0 amide bonds. The normalized spacial score (nSPS) is 22.0. The molecule has 2 heterocycles. The quantitative estimate of drug-likeness (QED) is 0.217. The van der Waals surface area contributed by atoms with Crippen LogP contribution in [0.5, 0.6) is 5.75 Å². The molecule has 2 aromatic carbocycles. The molecule has 234 valence electrons. The fraction of sp³-hybridized carbons (Fsp3) is 0.483. The molecule has 0 radical (unpaired) electrons. The van der Waals surface area contributed by atoms with Gasteiger partial charge in [-0.25, -0.2) is 9.36 Å². The molecule has 2 unspecified atom stereocenters. The second-order valence-corrected chi connectivity index (χ2v) is 12.7. The Kier molecular flexibility index (Phi) is 10.0. The van der Waals surface area contributed by atoms with Crippen LogP contribution in [-0.2, 0) is 29.8 Å². The van der Waals surface area contributed by atoms with Gasteiger partial charge in [-0.05, 0) is 50.6 Å². The molecule has 43 heavy (non-hydrogen) atoms. The van der Waals surface area contributed by atoms with Crippen molar-refractivity contribution in [3.63, 3.8) is 0 Å². The highest BCUT2D eigenvalue weighted by Gasteiger charge is 2.60. The molecule has 1 saturated heterocycles. The number of rotatable bonds is 12. The van der Waals surface area contributed by atoms with Gasteiger partial charge >= 0.3 is 25.3 Å². The number of nitrogens with one attached hydrogen (secondary N) is 1. The summed E-state index contributed by atoms with van der Waals surface area (Å²) in [6.07, 6.45) is -5.22. The minimum Gasteiger partial charge on any atom is -0.462 e. The predicted molar refractivity (Wildman–Crippen MR) is 154 cm³/mol. The zero-order chi connectivity index (χ0) is 31.5. The zero-order valence-corrected chi connectivity index (χ0v) is 25.4. The first-order valence-corrected chi connectivity index (χ1v) is 15.4. The van der Waals surface area contributed by atoms with E-state index in [0.29, 0.717) is 22.1 Å². The lowest BCUT2D eigenvalue weighted by Gasteiger charge is -2.25. The highest BCUT2D eigenvalue weighted by atomic mass is 31.2. The summed E-state index contributed by atoms with van der Waals surface area (Å²) in [4.78, 5) is 29.0. The molecule has 1 aliphatic heterocycles. The van der Waals surface area contributed by atoms with Gasteiger partial charge in [0.05, 0.1) is 12.7 Å². The summed E-state index contributed by atoms with van der Waals surface area (Å²) >= 11 is 0. The van der Waals surface area contributed by atoms with Crippen LogP contribution in [-0.4, -0.2) is 57.5 Å². The molecular formula is C29H36F2N3O8P.